The Morgan fingerprint density at radius 1 is 1.33 bits per heavy atom. The summed E-state index contributed by atoms with van der Waals surface area (Å²) in [6, 6.07) is 0.111. The van der Waals surface area contributed by atoms with Crippen molar-refractivity contribution >= 4 is 11.8 Å². The molecule has 0 aromatic carbocycles. The van der Waals surface area contributed by atoms with Crippen LogP contribution in [0, 0.1) is 11.3 Å². The maximum atomic E-state index is 6.67. The van der Waals surface area contributed by atoms with Crippen LogP contribution < -0.4 is 5.73 Å². The van der Waals surface area contributed by atoms with Crippen LogP contribution in [-0.4, -0.2) is 42.5 Å². The Morgan fingerprint density at radius 3 is 2.57 bits per heavy atom. The van der Waals surface area contributed by atoms with Crippen LogP contribution in [0.25, 0.3) is 0 Å². The van der Waals surface area contributed by atoms with Crippen LogP contribution in [-0.2, 0) is 9.47 Å². The van der Waals surface area contributed by atoms with E-state index in [1.54, 1.807) is 0 Å². The second-order valence-corrected chi connectivity index (χ2v) is 8.94. The van der Waals surface area contributed by atoms with Crippen molar-refractivity contribution < 1.29 is 9.47 Å². The topological polar surface area (TPSA) is 44.5 Å². The number of rotatable bonds is 4. The van der Waals surface area contributed by atoms with Crippen molar-refractivity contribution in [1.82, 2.24) is 0 Å². The van der Waals surface area contributed by atoms with Crippen molar-refractivity contribution in [3.8, 4) is 0 Å². The smallest absolute Gasteiger partial charge is 0.0776 e. The third-order valence-corrected chi connectivity index (χ3v) is 6.01. The first-order chi connectivity index (χ1) is 9.88. The zero-order chi connectivity index (χ0) is 15.5. The van der Waals surface area contributed by atoms with Crippen LogP contribution in [0.2, 0.25) is 0 Å². The first-order valence-corrected chi connectivity index (χ1v) is 9.62. The van der Waals surface area contributed by atoms with Crippen LogP contribution in [0.4, 0.5) is 0 Å². The highest BCUT2D eigenvalue weighted by Gasteiger charge is 2.43. The molecule has 2 saturated heterocycles. The Hall–Kier alpha value is 0.230. The average molecular weight is 316 g/mol. The second kappa shape index (κ2) is 7.20. The van der Waals surface area contributed by atoms with Gasteiger partial charge in [0.25, 0.3) is 0 Å². The monoisotopic (exact) mass is 315 g/mol. The molecule has 2 heterocycles. The van der Waals surface area contributed by atoms with Gasteiger partial charge in [0, 0.05) is 19.3 Å². The molecule has 4 heteroatoms. The SMILES string of the molecule is CCOC(C(N)C1CCOC2(CCSCC2)C1)C(C)(C)C. The van der Waals surface area contributed by atoms with Gasteiger partial charge in [0.2, 0.25) is 0 Å². The van der Waals surface area contributed by atoms with E-state index in [0.717, 1.165) is 26.1 Å². The molecular formula is C17H33NO2S. The minimum atomic E-state index is 0.0866. The summed E-state index contributed by atoms with van der Waals surface area (Å²) in [6.07, 6.45) is 4.70. The molecule has 124 valence electrons. The van der Waals surface area contributed by atoms with E-state index in [4.69, 9.17) is 15.2 Å². The molecule has 3 unspecified atom stereocenters. The Kier molecular flexibility index (Phi) is 6.03. The fourth-order valence-corrected chi connectivity index (χ4v) is 5.09. The van der Waals surface area contributed by atoms with E-state index in [9.17, 15) is 0 Å². The van der Waals surface area contributed by atoms with Gasteiger partial charge in [-0.1, -0.05) is 20.8 Å². The predicted molar refractivity (Wildman–Crippen MR) is 90.8 cm³/mol. The summed E-state index contributed by atoms with van der Waals surface area (Å²) in [5.41, 5.74) is 6.87. The maximum Gasteiger partial charge on any atom is 0.0776 e. The van der Waals surface area contributed by atoms with Gasteiger partial charge in [-0.15, -0.1) is 0 Å². The van der Waals surface area contributed by atoms with E-state index < -0.39 is 0 Å². The lowest BCUT2D eigenvalue weighted by Crippen LogP contribution is -2.54. The van der Waals surface area contributed by atoms with E-state index in [1.165, 1.54) is 24.3 Å². The first-order valence-electron chi connectivity index (χ1n) is 8.47. The average Bonchev–Trinajstić information content (AvgIpc) is 2.44. The Bertz CT molecular complexity index is 318. The fraction of sp³-hybridized carbons (Fsp3) is 1.00. The molecule has 21 heavy (non-hydrogen) atoms. The van der Waals surface area contributed by atoms with Crippen molar-refractivity contribution in [2.24, 2.45) is 17.1 Å². The zero-order valence-electron chi connectivity index (χ0n) is 14.2. The van der Waals surface area contributed by atoms with Crippen LogP contribution in [0.15, 0.2) is 0 Å². The summed E-state index contributed by atoms with van der Waals surface area (Å²) in [5.74, 6) is 2.99. The predicted octanol–water partition coefficient (Wildman–Crippen LogP) is 3.46. The highest BCUT2D eigenvalue weighted by molar-refractivity contribution is 7.99. The summed E-state index contributed by atoms with van der Waals surface area (Å²) in [6.45, 7) is 10.4. The number of ether oxygens (including phenoxy) is 2. The third kappa shape index (κ3) is 4.37. The Balaban J connectivity index is 2.04. The number of hydrogen-bond acceptors (Lipinski definition) is 4. The van der Waals surface area contributed by atoms with Gasteiger partial charge in [0.05, 0.1) is 11.7 Å². The van der Waals surface area contributed by atoms with Crippen LogP contribution in [0.3, 0.4) is 0 Å². The summed E-state index contributed by atoms with van der Waals surface area (Å²) >= 11 is 2.05. The van der Waals surface area contributed by atoms with Gasteiger partial charge < -0.3 is 15.2 Å². The fourth-order valence-electron chi connectivity index (χ4n) is 3.85. The van der Waals surface area contributed by atoms with Gasteiger partial charge in [-0.3, -0.25) is 0 Å². The second-order valence-electron chi connectivity index (χ2n) is 7.72. The molecule has 2 rings (SSSR count). The zero-order valence-corrected chi connectivity index (χ0v) is 15.0. The molecule has 2 fully saturated rings. The highest BCUT2D eigenvalue weighted by Crippen LogP contribution is 2.42. The number of thioether (sulfide) groups is 1. The lowest BCUT2D eigenvalue weighted by atomic mass is 9.73. The van der Waals surface area contributed by atoms with Crippen molar-refractivity contribution in [1.29, 1.82) is 0 Å². The number of nitrogens with two attached hydrogens (primary N) is 1. The molecule has 0 aromatic rings. The molecule has 1 spiro atoms. The summed E-state index contributed by atoms with van der Waals surface area (Å²) in [7, 11) is 0. The largest absolute Gasteiger partial charge is 0.376 e. The molecule has 2 N–H and O–H groups in total. The lowest BCUT2D eigenvalue weighted by Gasteiger charge is -2.47. The van der Waals surface area contributed by atoms with E-state index in [0.29, 0.717) is 5.92 Å². The molecule has 0 aliphatic carbocycles. The van der Waals surface area contributed by atoms with Gasteiger partial charge in [-0.25, -0.2) is 0 Å². The van der Waals surface area contributed by atoms with Gasteiger partial charge in [0.15, 0.2) is 0 Å². The van der Waals surface area contributed by atoms with Crippen molar-refractivity contribution in [2.45, 2.75) is 71.1 Å². The Morgan fingerprint density at radius 2 is 2.00 bits per heavy atom. The molecule has 0 aromatic heterocycles. The normalized spacial score (nSPS) is 29.3. The Labute approximate surface area is 134 Å². The van der Waals surface area contributed by atoms with E-state index in [2.05, 4.69) is 39.5 Å². The molecule has 0 saturated carbocycles. The summed E-state index contributed by atoms with van der Waals surface area (Å²) in [5, 5.41) is 0. The van der Waals surface area contributed by atoms with Crippen LogP contribution in [0.5, 0.6) is 0 Å². The van der Waals surface area contributed by atoms with E-state index >= 15 is 0 Å². The van der Waals surface area contributed by atoms with Gasteiger partial charge in [-0.2, -0.15) is 11.8 Å². The maximum absolute atomic E-state index is 6.67. The van der Waals surface area contributed by atoms with E-state index in [1.807, 2.05) is 0 Å². The highest BCUT2D eigenvalue weighted by atomic mass is 32.2. The van der Waals surface area contributed by atoms with Gasteiger partial charge in [0.1, 0.15) is 0 Å². The molecule has 2 aliphatic rings. The molecule has 0 radical (unpaired) electrons. The molecule has 2 aliphatic heterocycles. The molecule has 0 bridgehead atoms. The van der Waals surface area contributed by atoms with E-state index in [-0.39, 0.29) is 23.2 Å². The molecular weight excluding hydrogens is 282 g/mol. The molecule has 0 amide bonds. The lowest BCUT2D eigenvalue weighted by molar-refractivity contribution is -0.121. The summed E-state index contributed by atoms with van der Waals surface area (Å²) < 4.78 is 12.2. The van der Waals surface area contributed by atoms with Crippen LogP contribution in [0.1, 0.15) is 53.4 Å². The van der Waals surface area contributed by atoms with Crippen molar-refractivity contribution in [2.75, 3.05) is 24.7 Å². The van der Waals surface area contributed by atoms with Gasteiger partial charge in [-0.05, 0) is 55.4 Å². The number of hydrogen-bond donors (Lipinski definition) is 1. The standard InChI is InChI=1S/C17H33NO2S/c1-5-19-15(16(2,3)4)14(18)13-6-9-20-17(12-13)7-10-21-11-8-17/h13-15H,5-12,18H2,1-4H3. The molecule has 3 nitrogen and oxygen atoms in total. The van der Waals surface area contributed by atoms with Gasteiger partial charge >= 0.3 is 0 Å². The minimum absolute atomic E-state index is 0.0866. The third-order valence-electron chi connectivity index (χ3n) is 5.03. The van der Waals surface area contributed by atoms with Crippen molar-refractivity contribution in [3.05, 3.63) is 0 Å². The first kappa shape index (κ1) is 17.6. The molecule has 3 atom stereocenters. The van der Waals surface area contributed by atoms with Crippen LogP contribution >= 0.6 is 11.8 Å². The quantitative estimate of drug-likeness (QED) is 0.863. The van der Waals surface area contributed by atoms with Crippen molar-refractivity contribution in [3.63, 3.8) is 0 Å². The minimum Gasteiger partial charge on any atom is -0.376 e. The summed E-state index contributed by atoms with van der Waals surface area (Å²) in [4.78, 5) is 0.